The Morgan fingerprint density at radius 1 is 1.23 bits per heavy atom. The number of carbonyl (C=O) groups excluding carboxylic acids is 1. The van der Waals surface area contributed by atoms with E-state index in [4.69, 9.17) is 5.73 Å². The van der Waals surface area contributed by atoms with E-state index < -0.39 is 0 Å². The van der Waals surface area contributed by atoms with Gasteiger partial charge in [0, 0.05) is 33.9 Å². The van der Waals surface area contributed by atoms with E-state index >= 15 is 0 Å². The van der Waals surface area contributed by atoms with Crippen molar-refractivity contribution < 1.29 is 9.18 Å². The van der Waals surface area contributed by atoms with Crippen molar-refractivity contribution in [2.75, 3.05) is 11.5 Å². The van der Waals surface area contributed by atoms with Crippen LogP contribution >= 0.6 is 11.8 Å². The van der Waals surface area contributed by atoms with Gasteiger partial charge in [0.1, 0.15) is 5.82 Å². The smallest absolute Gasteiger partial charge is 0.271 e. The molecule has 0 saturated carbocycles. The Morgan fingerprint density at radius 3 is 2.77 bits per heavy atom. The molecule has 0 saturated heterocycles. The Morgan fingerprint density at radius 2 is 2.00 bits per heavy atom. The van der Waals surface area contributed by atoms with E-state index in [2.05, 4.69) is 10.5 Å². The standard InChI is InChI=1S/C16H14FN3OS/c17-11-3-6-15-13(9-11)14(7-8-22-15)19-20-16(21)10-1-4-12(18)5-2-10/h1-6,9H,7-8,18H2,(H,20,21)/b19-14-. The fraction of sp³-hybridized carbons (Fsp3) is 0.125. The minimum Gasteiger partial charge on any atom is -0.399 e. The molecule has 0 bridgehead atoms. The molecule has 112 valence electrons. The number of amides is 1. The van der Waals surface area contributed by atoms with Crippen molar-refractivity contribution in [3.8, 4) is 0 Å². The van der Waals surface area contributed by atoms with E-state index in [0.29, 0.717) is 23.4 Å². The molecule has 1 amide bonds. The highest BCUT2D eigenvalue weighted by Gasteiger charge is 2.17. The number of halogens is 1. The van der Waals surface area contributed by atoms with Crippen LogP contribution in [0, 0.1) is 5.82 Å². The first kappa shape index (κ1) is 14.6. The van der Waals surface area contributed by atoms with Crippen LogP contribution < -0.4 is 11.2 Å². The monoisotopic (exact) mass is 315 g/mol. The second-order valence-electron chi connectivity index (χ2n) is 4.86. The average molecular weight is 315 g/mol. The number of nitrogens with zero attached hydrogens (tertiary/aromatic N) is 1. The van der Waals surface area contributed by atoms with Gasteiger partial charge in [-0.2, -0.15) is 5.10 Å². The van der Waals surface area contributed by atoms with Gasteiger partial charge in [-0.05, 0) is 42.5 Å². The summed E-state index contributed by atoms with van der Waals surface area (Å²) in [6.45, 7) is 0. The number of fused-ring (bicyclic) bond motifs is 1. The van der Waals surface area contributed by atoms with Gasteiger partial charge in [0.2, 0.25) is 0 Å². The first-order chi connectivity index (χ1) is 10.6. The molecule has 3 rings (SSSR count). The zero-order valence-corrected chi connectivity index (χ0v) is 12.5. The van der Waals surface area contributed by atoms with Crippen LogP contribution in [0.3, 0.4) is 0 Å². The molecule has 22 heavy (non-hydrogen) atoms. The van der Waals surface area contributed by atoms with Crippen LogP contribution in [0.15, 0.2) is 52.5 Å². The fourth-order valence-electron chi connectivity index (χ4n) is 2.18. The molecule has 1 aliphatic rings. The lowest BCUT2D eigenvalue weighted by atomic mass is 10.1. The molecular formula is C16H14FN3OS. The van der Waals surface area contributed by atoms with Gasteiger partial charge in [-0.15, -0.1) is 11.8 Å². The van der Waals surface area contributed by atoms with Gasteiger partial charge in [0.05, 0.1) is 5.71 Å². The molecule has 1 heterocycles. The Balaban J connectivity index is 1.80. The Labute approximate surface area is 131 Å². The largest absolute Gasteiger partial charge is 0.399 e. The van der Waals surface area contributed by atoms with Crippen LogP contribution in [-0.4, -0.2) is 17.4 Å². The Bertz CT molecular complexity index is 744. The summed E-state index contributed by atoms with van der Waals surface area (Å²) >= 11 is 1.66. The van der Waals surface area contributed by atoms with Crippen molar-refractivity contribution in [2.24, 2.45) is 5.10 Å². The lowest BCUT2D eigenvalue weighted by Crippen LogP contribution is -2.21. The van der Waals surface area contributed by atoms with Crippen LogP contribution in [0.2, 0.25) is 0 Å². The number of nitrogen functional groups attached to an aromatic ring is 1. The number of hydrazone groups is 1. The van der Waals surface area contributed by atoms with Crippen molar-refractivity contribution in [2.45, 2.75) is 11.3 Å². The second-order valence-corrected chi connectivity index (χ2v) is 6.00. The summed E-state index contributed by atoms with van der Waals surface area (Å²) in [7, 11) is 0. The predicted molar refractivity (Wildman–Crippen MR) is 86.6 cm³/mol. The molecule has 4 nitrogen and oxygen atoms in total. The number of thioether (sulfide) groups is 1. The third kappa shape index (κ3) is 3.12. The molecule has 2 aromatic rings. The zero-order chi connectivity index (χ0) is 15.5. The quantitative estimate of drug-likeness (QED) is 0.661. The van der Waals surface area contributed by atoms with Crippen molar-refractivity contribution in [3.05, 3.63) is 59.4 Å². The van der Waals surface area contributed by atoms with Crippen molar-refractivity contribution in [3.63, 3.8) is 0 Å². The SMILES string of the molecule is Nc1ccc(C(=O)N/N=C2/CCSc3ccc(F)cc32)cc1. The maximum Gasteiger partial charge on any atom is 0.271 e. The van der Waals surface area contributed by atoms with Gasteiger partial charge in [-0.25, -0.2) is 9.82 Å². The van der Waals surface area contributed by atoms with E-state index in [-0.39, 0.29) is 11.7 Å². The maximum atomic E-state index is 13.4. The molecule has 0 fully saturated rings. The first-order valence-electron chi connectivity index (χ1n) is 6.78. The normalized spacial score (nSPS) is 15.4. The lowest BCUT2D eigenvalue weighted by Gasteiger charge is -2.17. The van der Waals surface area contributed by atoms with Gasteiger partial charge in [-0.1, -0.05) is 0 Å². The number of carbonyl (C=O) groups is 1. The van der Waals surface area contributed by atoms with Crippen LogP contribution in [0.4, 0.5) is 10.1 Å². The molecule has 6 heteroatoms. The van der Waals surface area contributed by atoms with Gasteiger partial charge < -0.3 is 5.73 Å². The number of benzene rings is 2. The number of hydrogen-bond acceptors (Lipinski definition) is 4. The summed E-state index contributed by atoms with van der Waals surface area (Å²) in [5.74, 6) is 0.234. The lowest BCUT2D eigenvalue weighted by molar-refractivity contribution is 0.0955. The summed E-state index contributed by atoms with van der Waals surface area (Å²) in [5.41, 5.74) is 10.6. The van der Waals surface area contributed by atoms with Crippen LogP contribution in [0.5, 0.6) is 0 Å². The molecule has 0 aliphatic carbocycles. The topological polar surface area (TPSA) is 67.5 Å². The highest BCUT2D eigenvalue weighted by Crippen LogP contribution is 2.30. The maximum absolute atomic E-state index is 13.4. The van der Waals surface area contributed by atoms with E-state index in [1.165, 1.54) is 12.1 Å². The number of nitrogens with one attached hydrogen (secondary N) is 1. The first-order valence-corrected chi connectivity index (χ1v) is 7.77. The Hall–Kier alpha value is -2.34. The van der Waals surface area contributed by atoms with Gasteiger partial charge in [0.25, 0.3) is 5.91 Å². The number of rotatable bonds is 2. The highest BCUT2D eigenvalue weighted by molar-refractivity contribution is 7.99. The fourth-order valence-corrected chi connectivity index (χ4v) is 3.19. The van der Waals surface area contributed by atoms with E-state index in [1.807, 2.05) is 0 Å². The van der Waals surface area contributed by atoms with Crippen LogP contribution in [0.25, 0.3) is 0 Å². The number of anilines is 1. The molecule has 1 aliphatic heterocycles. The molecule has 3 N–H and O–H groups in total. The van der Waals surface area contributed by atoms with E-state index in [1.54, 1.807) is 42.1 Å². The molecule has 0 atom stereocenters. The minimum atomic E-state index is -0.316. The van der Waals surface area contributed by atoms with E-state index in [0.717, 1.165) is 16.2 Å². The summed E-state index contributed by atoms with van der Waals surface area (Å²) in [6.07, 6.45) is 0.684. The number of nitrogens with two attached hydrogens (primary N) is 1. The molecule has 0 spiro atoms. The minimum absolute atomic E-state index is 0.307. The molecule has 0 unspecified atom stereocenters. The van der Waals surface area contributed by atoms with Crippen molar-refractivity contribution >= 4 is 29.1 Å². The zero-order valence-electron chi connectivity index (χ0n) is 11.7. The molecular weight excluding hydrogens is 301 g/mol. The van der Waals surface area contributed by atoms with Gasteiger partial charge in [0.15, 0.2) is 0 Å². The summed E-state index contributed by atoms with van der Waals surface area (Å²) in [4.78, 5) is 13.0. The summed E-state index contributed by atoms with van der Waals surface area (Å²) in [6, 6.07) is 11.2. The predicted octanol–water partition coefficient (Wildman–Crippen LogP) is 3.04. The average Bonchev–Trinajstić information content (AvgIpc) is 2.53. The van der Waals surface area contributed by atoms with Crippen molar-refractivity contribution in [1.82, 2.24) is 5.43 Å². The molecule has 2 aromatic carbocycles. The Kier molecular flexibility index (Phi) is 4.11. The van der Waals surface area contributed by atoms with Gasteiger partial charge in [-0.3, -0.25) is 4.79 Å². The van der Waals surface area contributed by atoms with Crippen molar-refractivity contribution in [1.29, 1.82) is 0 Å². The molecule has 0 radical (unpaired) electrons. The summed E-state index contributed by atoms with van der Waals surface area (Å²) in [5, 5.41) is 4.17. The van der Waals surface area contributed by atoms with Gasteiger partial charge >= 0.3 is 0 Å². The molecule has 0 aromatic heterocycles. The number of hydrogen-bond donors (Lipinski definition) is 2. The third-order valence-electron chi connectivity index (χ3n) is 3.31. The second kappa shape index (κ2) is 6.19. The third-order valence-corrected chi connectivity index (χ3v) is 4.39. The van der Waals surface area contributed by atoms with Crippen LogP contribution in [0.1, 0.15) is 22.3 Å². The van der Waals surface area contributed by atoms with E-state index in [9.17, 15) is 9.18 Å². The van der Waals surface area contributed by atoms with Crippen LogP contribution in [-0.2, 0) is 0 Å². The highest BCUT2D eigenvalue weighted by atomic mass is 32.2. The summed E-state index contributed by atoms with van der Waals surface area (Å²) < 4.78 is 13.4.